The molecule has 0 unspecified atom stereocenters. The second-order valence-electron chi connectivity index (χ2n) is 10.9. The summed E-state index contributed by atoms with van der Waals surface area (Å²) in [6.07, 6.45) is 1.71. The Labute approximate surface area is 213 Å². The van der Waals surface area contributed by atoms with Crippen molar-refractivity contribution in [1.82, 2.24) is 0 Å². The van der Waals surface area contributed by atoms with E-state index in [-0.39, 0.29) is 11.9 Å². The van der Waals surface area contributed by atoms with Crippen molar-refractivity contribution in [2.75, 3.05) is 13.2 Å². The van der Waals surface area contributed by atoms with Gasteiger partial charge in [-0.2, -0.15) is 0 Å². The molecule has 0 bridgehead atoms. The molecule has 0 amide bonds. The second kappa shape index (κ2) is 9.44. The van der Waals surface area contributed by atoms with E-state index in [4.69, 9.17) is 14.2 Å². The molecule has 5 rings (SSSR count). The molecule has 190 valence electrons. The zero-order valence-corrected chi connectivity index (χ0v) is 21.8. The fraction of sp³-hybridized carbons (Fsp3) is 0.419. The lowest BCUT2D eigenvalue weighted by Crippen LogP contribution is -2.21. The standard InChI is InChI=1S/C31H35FO4/c1-18-14-22(34-13-12-31(4,5)33)15-19(2)29(18)24-8-10-26(32)30-25(24)9-11-27(30)36-21-6-7-23-20(3)17-35-28(23)16-21/h6-8,10,14-16,20,27,33H,9,11-13,17H2,1-5H3/t20-,27-/m1/s1. The van der Waals surface area contributed by atoms with E-state index in [1.807, 2.05) is 30.3 Å². The van der Waals surface area contributed by atoms with Crippen molar-refractivity contribution < 1.29 is 23.7 Å². The minimum absolute atomic E-state index is 0.218. The van der Waals surface area contributed by atoms with Gasteiger partial charge in [0.1, 0.15) is 29.2 Å². The lowest BCUT2D eigenvalue weighted by molar-refractivity contribution is 0.0553. The molecule has 3 aromatic rings. The van der Waals surface area contributed by atoms with Gasteiger partial charge < -0.3 is 19.3 Å². The van der Waals surface area contributed by atoms with Crippen molar-refractivity contribution in [2.45, 2.75) is 71.5 Å². The van der Waals surface area contributed by atoms with Gasteiger partial charge in [0.15, 0.2) is 0 Å². The first-order valence-corrected chi connectivity index (χ1v) is 12.8. The van der Waals surface area contributed by atoms with Gasteiger partial charge in [0.2, 0.25) is 0 Å². The van der Waals surface area contributed by atoms with Crippen LogP contribution in [0.15, 0.2) is 42.5 Å². The van der Waals surface area contributed by atoms with E-state index in [0.29, 0.717) is 36.9 Å². The maximum atomic E-state index is 15.2. The van der Waals surface area contributed by atoms with Crippen molar-refractivity contribution in [1.29, 1.82) is 0 Å². The van der Waals surface area contributed by atoms with Crippen LogP contribution >= 0.6 is 0 Å². The summed E-state index contributed by atoms with van der Waals surface area (Å²) in [5.41, 5.74) is 6.44. The number of ether oxygens (including phenoxy) is 3. The average Bonchev–Trinajstić information content (AvgIpc) is 3.38. The molecule has 4 nitrogen and oxygen atoms in total. The largest absolute Gasteiger partial charge is 0.493 e. The third-order valence-electron chi connectivity index (χ3n) is 7.32. The summed E-state index contributed by atoms with van der Waals surface area (Å²) < 4.78 is 33.2. The van der Waals surface area contributed by atoms with Crippen LogP contribution in [-0.2, 0) is 6.42 Å². The maximum Gasteiger partial charge on any atom is 0.130 e. The quantitative estimate of drug-likeness (QED) is 0.380. The summed E-state index contributed by atoms with van der Waals surface area (Å²) in [4.78, 5) is 0. The van der Waals surface area contributed by atoms with Crippen LogP contribution < -0.4 is 14.2 Å². The Morgan fingerprint density at radius 3 is 2.53 bits per heavy atom. The van der Waals surface area contributed by atoms with Gasteiger partial charge in [0.05, 0.1) is 18.8 Å². The molecule has 0 fully saturated rings. The molecule has 1 heterocycles. The molecular formula is C31H35FO4. The summed E-state index contributed by atoms with van der Waals surface area (Å²) in [6.45, 7) is 11.0. The summed E-state index contributed by atoms with van der Waals surface area (Å²) in [5.74, 6) is 2.52. The van der Waals surface area contributed by atoms with Gasteiger partial charge in [0, 0.05) is 29.5 Å². The predicted molar refractivity (Wildman–Crippen MR) is 140 cm³/mol. The van der Waals surface area contributed by atoms with E-state index in [1.165, 1.54) is 5.56 Å². The Balaban J connectivity index is 1.42. The van der Waals surface area contributed by atoms with Crippen molar-refractivity contribution in [3.05, 3.63) is 76.1 Å². The van der Waals surface area contributed by atoms with Gasteiger partial charge in [-0.25, -0.2) is 4.39 Å². The number of rotatable bonds is 7. The molecule has 2 atom stereocenters. The van der Waals surface area contributed by atoms with Crippen LogP contribution in [0.2, 0.25) is 0 Å². The Hall–Kier alpha value is -3.05. The summed E-state index contributed by atoms with van der Waals surface area (Å²) in [7, 11) is 0. The first-order valence-electron chi connectivity index (χ1n) is 12.8. The van der Waals surface area contributed by atoms with Crippen molar-refractivity contribution in [3.8, 4) is 28.4 Å². The van der Waals surface area contributed by atoms with Gasteiger partial charge in [-0.15, -0.1) is 0 Å². The lowest BCUT2D eigenvalue weighted by atomic mass is 9.90. The van der Waals surface area contributed by atoms with Gasteiger partial charge in [-0.3, -0.25) is 0 Å². The van der Waals surface area contributed by atoms with Crippen LogP contribution in [-0.4, -0.2) is 23.9 Å². The molecule has 1 N–H and O–H groups in total. The number of fused-ring (bicyclic) bond motifs is 2. The molecular weight excluding hydrogens is 455 g/mol. The topological polar surface area (TPSA) is 47.9 Å². The van der Waals surface area contributed by atoms with E-state index in [0.717, 1.165) is 52.2 Å². The number of halogens is 1. The first-order chi connectivity index (χ1) is 17.1. The zero-order valence-electron chi connectivity index (χ0n) is 21.8. The van der Waals surface area contributed by atoms with E-state index in [1.54, 1.807) is 19.9 Å². The SMILES string of the molecule is Cc1cc(OCCC(C)(C)O)cc(C)c1-c1ccc(F)c2c1CC[C@H]2Oc1ccc2c(c1)OC[C@H]2C. The first kappa shape index (κ1) is 24.6. The molecule has 1 aliphatic carbocycles. The summed E-state index contributed by atoms with van der Waals surface area (Å²) in [5, 5.41) is 9.95. The molecule has 1 aliphatic heterocycles. The Bertz CT molecular complexity index is 1270. The van der Waals surface area contributed by atoms with Crippen molar-refractivity contribution in [2.24, 2.45) is 0 Å². The highest BCUT2D eigenvalue weighted by atomic mass is 19.1. The second-order valence-corrected chi connectivity index (χ2v) is 10.9. The van der Waals surface area contributed by atoms with E-state index >= 15 is 4.39 Å². The maximum absolute atomic E-state index is 15.2. The molecule has 2 aliphatic rings. The van der Waals surface area contributed by atoms with E-state index in [9.17, 15) is 5.11 Å². The third kappa shape index (κ3) is 4.81. The lowest BCUT2D eigenvalue weighted by Gasteiger charge is -2.20. The van der Waals surface area contributed by atoms with E-state index in [2.05, 4.69) is 26.8 Å². The highest BCUT2D eigenvalue weighted by Gasteiger charge is 2.31. The normalized spacial score (nSPS) is 18.5. The van der Waals surface area contributed by atoms with Gasteiger partial charge in [0.25, 0.3) is 0 Å². The van der Waals surface area contributed by atoms with Crippen LogP contribution in [0.5, 0.6) is 17.2 Å². The van der Waals surface area contributed by atoms with Gasteiger partial charge >= 0.3 is 0 Å². The Morgan fingerprint density at radius 1 is 1.06 bits per heavy atom. The minimum Gasteiger partial charge on any atom is -0.493 e. The van der Waals surface area contributed by atoms with Crippen molar-refractivity contribution >= 4 is 0 Å². The number of benzene rings is 3. The highest BCUT2D eigenvalue weighted by Crippen LogP contribution is 2.45. The van der Waals surface area contributed by atoms with Crippen LogP contribution in [0, 0.1) is 19.7 Å². The molecule has 3 aromatic carbocycles. The molecule has 36 heavy (non-hydrogen) atoms. The Morgan fingerprint density at radius 2 is 1.81 bits per heavy atom. The van der Waals surface area contributed by atoms with Crippen LogP contribution in [0.25, 0.3) is 11.1 Å². The number of hydrogen-bond donors (Lipinski definition) is 1. The molecule has 0 saturated carbocycles. The average molecular weight is 491 g/mol. The smallest absolute Gasteiger partial charge is 0.130 e. The van der Waals surface area contributed by atoms with Crippen LogP contribution in [0.1, 0.15) is 73.5 Å². The monoisotopic (exact) mass is 490 g/mol. The van der Waals surface area contributed by atoms with Crippen LogP contribution in [0.4, 0.5) is 4.39 Å². The molecule has 0 aromatic heterocycles. The number of aliphatic hydroxyl groups is 1. The summed E-state index contributed by atoms with van der Waals surface area (Å²) in [6, 6.07) is 13.5. The number of hydrogen-bond acceptors (Lipinski definition) is 4. The third-order valence-corrected chi connectivity index (χ3v) is 7.32. The van der Waals surface area contributed by atoms with Gasteiger partial charge in [-0.05, 0) is 92.6 Å². The van der Waals surface area contributed by atoms with Gasteiger partial charge in [-0.1, -0.05) is 19.1 Å². The fourth-order valence-electron chi connectivity index (χ4n) is 5.46. The predicted octanol–water partition coefficient (Wildman–Crippen LogP) is 7.21. The Kier molecular flexibility index (Phi) is 6.46. The molecule has 5 heteroatoms. The number of aryl methyl sites for hydroxylation is 2. The molecule has 0 saturated heterocycles. The molecule has 0 radical (unpaired) electrons. The fourth-order valence-corrected chi connectivity index (χ4v) is 5.46. The van der Waals surface area contributed by atoms with Crippen molar-refractivity contribution in [3.63, 3.8) is 0 Å². The molecule has 0 spiro atoms. The van der Waals surface area contributed by atoms with Crippen LogP contribution in [0.3, 0.4) is 0 Å². The highest BCUT2D eigenvalue weighted by molar-refractivity contribution is 5.76. The van der Waals surface area contributed by atoms with E-state index < -0.39 is 5.60 Å². The summed E-state index contributed by atoms with van der Waals surface area (Å²) >= 11 is 0. The zero-order chi connectivity index (χ0) is 25.6. The minimum atomic E-state index is -0.761.